The molecule has 2 amide bonds. The second kappa shape index (κ2) is 9.75. The Bertz CT molecular complexity index is 1530. The van der Waals surface area contributed by atoms with Gasteiger partial charge in [-0.15, -0.1) is 0 Å². The zero-order chi connectivity index (χ0) is 25.1. The summed E-state index contributed by atoms with van der Waals surface area (Å²) in [6.07, 6.45) is 4.92. The van der Waals surface area contributed by atoms with E-state index in [1.165, 1.54) is 11.0 Å². The second-order valence-electron chi connectivity index (χ2n) is 8.26. The smallest absolute Gasteiger partial charge is 0.246 e. The van der Waals surface area contributed by atoms with Crippen molar-refractivity contribution in [1.82, 2.24) is 19.8 Å². The maximum absolute atomic E-state index is 12.7. The van der Waals surface area contributed by atoms with E-state index in [1.807, 2.05) is 66.9 Å². The van der Waals surface area contributed by atoms with Gasteiger partial charge in [0.25, 0.3) is 0 Å². The molecule has 0 unspecified atom stereocenters. The molecule has 0 atom stereocenters. The number of amides is 2. The molecular weight excluding hydrogens is 458 g/mol. The van der Waals surface area contributed by atoms with Crippen LogP contribution in [0.25, 0.3) is 34.2 Å². The van der Waals surface area contributed by atoms with E-state index in [-0.39, 0.29) is 18.4 Å². The van der Waals surface area contributed by atoms with Crippen molar-refractivity contribution in [3.05, 3.63) is 90.3 Å². The van der Waals surface area contributed by atoms with Crippen LogP contribution >= 0.6 is 0 Å². The van der Waals surface area contributed by atoms with Crippen LogP contribution in [-0.4, -0.2) is 45.2 Å². The summed E-state index contributed by atoms with van der Waals surface area (Å²) in [6, 6.07) is 20.9. The van der Waals surface area contributed by atoms with Gasteiger partial charge in [0, 0.05) is 36.3 Å². The number of aryl methyl sites for hydroxylation is 1. The first-order valence-electron chi connectivity index (χ1n) is 11.3. The lowest BCUT2D eigenvalue weighted by Crippen LogP contribution is -2.33. The molecule has 0 aliphatic rings. The number of rotatable bonds is 7. The molecule has 0 aliphatic heterocycles. The maximum atomic E-state index is 12.7. The number of fused-ring (bicyclic) bond motifs is 1. The lowest BCUT2D eigenvalue weighted by molar-refractivity contribution is -0.129. The number of carbonyl (C=O) groups excluding carboxylic acids is 2. The number of likely N-dealkylation sites (N-methyl/N-ethyl adjacent to an activating group) is 1. The van der Waals surface area contributed by atoms with E-state index in [9.17, 15) is 9.59 Å². The molecule has 180 valence electrons. The van der Waals surface area contributed by atoms with Crippen molar-refractivity contribution < 1.29 is 18.5 Å². The van der Waals surface area contributed by atoms with Gasteiger partial charge < -0.3 is 19.2 Å². The van der Waals surface area contributed by atoms with E-state index in [2.05, 4.69) is 10.5 Å². The number of nitrogens with zero attached hydrogens (tertiary/aromatic N) is 4. The number of nitrogens with one attached hydrogen (secondary N) is 1. The summed E-state index contributed by atoms with van der Waals surface area (Å²) in [5.41, 5.74) is 2.92. The summed E-state index contributed by atoms with van der Waals surface area (Å²) in [6.45, 7) is 1.58. The first-order chi connectivity index (χ1) is 17.5. The predicted octanol–water partition coefficient (Wildman–Crippen LogP) is 4.69. The molecule has 0 spiro atoms. The minimum absolute atomic E-state index is 0.144. The first kappa shape index (κ1) is 22.9. The summed E-state index contributed by atoms with van der Waals surface area (Å²) >= 11 is 0. The van der Waals surface area contributed by atoms with Crippen molar-refractivity contribution >= 4 is 34.7 Å². The largest absolute Gasteiger partial charge is 0.454 e. The number of carbonyl (C=O) groups is 2. The van der Waals surface area contributed by atoms with Crippen LogP contribution in [0.3, 0.4) is 0 Å². The van der Waals surface area contributed by atoms with E-state index in [0.717, 1.165) is 16.7 Å². The van der Waals surface area contributed by atoms with Crippen LogP contribution in [0, 0.1) is 6.92 Å². The van der Waals surface area contributed by atoms with E-state index in [0.29, 0.717) is 28.6 Å². The molecule has 0 aliphatic carbocycles. The molecule has 3 aromatic heterocycles. The first-order valence-corrected chi connectivity index (χ1v) is 11.3. The second-order valence-corrected chi connectivity index (χ2v) is 8.26. The summed E-state index contributed by atoms with van der Waals surface area (Å²) < 4.78 is 12.7. The zero-order valence-electron chi connectivity index (χ0n) is 19.7. The van der Waals surface area contributed by atoms with Gasteiger partial charge in [0.2, 0.25) is 11.8 Å². The fourth-order valence-corrected chi connectivity index (χ4v) is 3.70. The molecule has 0 saturated heterocycles. The number of furan rings is 1. The van der Waals surface area contributed by atoms with Gasteiger partial charge >= 0.3 is 0 Å². The normalized spacial score (nSPS) is 11.3. The molecule has 36 heavy (non-hydrogen) atoms. The lowest BCUT2D eigenvalue weighted by Gasteiger charge is -2.13. The number of benzene rings is 2. The van der Waals surface area contributed by atoms with Crippen molar-refractivity contribution in [1.29, 1.82) is 0 Å². The van der Waals surface area contributed by atoms with Crippen LogP contribution in [0.2, 0.25) is 0 Å². The van der Waals surface area contributed by atoms with Gasteiger partial charge in [0.15, 0.2) is 11.6 Å². The predicted molar refractivity (Wildman–Crippen MR) is 135 cm³/mol. The molecule has 0 radical (unpaired) electrons. The minimum atomic E-state index is -0.382. The fourth-order valence-electron chi connectivity index (χ4n) is 3.70. The molecule has 9 heteroatoms. The summed E-state index contributed by atoms with van der Waals surface area (Å²) in [7, 11) is 1.55. The van der Waals surface area contributed by atoms with E-state index in [1.54, 1.807) is 30.8 Å². The SMILES string of the molecule is Cc1cc(NC(=O)CN(C)C(=O)/C=C/c2cn(-c3ccccc3)nc2-c2cc3ccccc3o2)no1. The molecule has 5 rings (SSSR count). The maximum Gasteiger partial charge on any atom is 0.246 e. The third-order valence-corrected chi connectivity index (χ3v) is 5.48. The van der Waals surface area contributed by atoms with Gasteiger partial charge in [0.1, 0.15) is 17.0 Å². The van der Waals surface area contributed by atoms with Crippen molar-refractivity contribution in [2.75, 3.05) is 18.9 Å². The molecule has 2 aromatic carbocycles. The monoisotopic (exact) mass is 481 g/mol. The van der Waals surface area contributed by atoms with Gasteiger partial charge in [-0.1, -0.05) is 41.6 Å². The number of aromatic nitrogens is 3. The fraction of sp³-hybridized carbons (Fsp3) is 0.111. The van der Waals surface area contributed by atoms with Gasteiger partial charge in [-0.05, 0) is 37.3 Å². The van der Waals surface area contributed by atoms with Crippen LogP contribution in [-0.2, 0) is 9.59 Å². The molecule has 3 heterocycles. The highest BCUT2D eigenvalue weighted by molar-refractivity contribution is 5.98. The van der Waals surface area contributed by atoms with Gasteiger partial charge in [-0.2, -0.15) is 5.10 Å². The van der Waals surface area contributed by atoms with Crippen molar-refractivity contribution in [3.63, 3.8) is 0 Å². The third kappa shape index (κ3) is 4.95. The van der Waals surface area contributed by atoms with Crippen LogP contribution in [0.5, 0.6) is 0 Å². The number of anilines is 1. The quantitative estimate of drug-likeness (QED) is 0.338. The highest BCUT2D eigenvalue weighted by Crippen LogP contribution is 2.30. The Labute approximate surface area is 206 Å². The van der Waals surface area contributed by atoms with Crippen LogP contribution < -0.4 is 5.32 Å². The number of para-hydroxylation sites is 2. The molecule has 9 nitrogen and oxygen atoms in total. The molecule has 0 fully saturated rings. The van der Waals surface area contributed by atoms with Crippen LogP contribution in [0.4, 0.5) is 5.82 Å². The Morgan fingerprint density at radius 2 is 1.86 bits per heavy atom. The zero-order valence-corrected chi connectivity index (χ0v) is 19.7. The van der Waals surface area contributed by atoms with Crippen LogP contribution in [0.1, 0.15) is 11.3 Å². The molecule has 5 aromatic rings. The van der Waals surface area contributed by atoms with E-state index < -0.39 is 0 Å². The average molecular weight is 482 g/mol. The molecule has 1 N–H and O–H groups in total. The Kier molecular flexibility index (Phi) is 6.19. The minimum Gasteiger partial charge on any atom is -0.454 e. The molecule has 0 saturated carbocycles. The van der Waals surface area contributed by atoms with Crippen molar-refractivity contribution in [3.8, 4) is 17.1 Å². The van der Waals surface area contributed by atoms with Crippen molar-refractivity contribution in [2.24, 2.45) is 0 Å². The van der Waals surface area contributed by atoms with Crippen molar-refractivity contribution in [2.45, 2.75) is 6.92 Å². The lowest BCUT2D eigenvalue weighted by atomic mass is 10.1. The molecular formula is C27H23N5O4. The van der Waals surface area contributed by atoms with Gasteiger partial charge in [-0.3, -0.25) is 9.59 Å². The average Bonchev–Trinajstić information content (AvgIpc) is 3.60. The van der Waals surface area contributed by atoms with Gasteiger partial charge in [0.05, 0.1) is 12.2 Å². The Morgan fingerprint density at radius 1 is 1.08 bits per heavy atom. The third-order valence-electron chi connectivity index (χ3n) is 5.48. The number of hydrogen-bond acceptors (Lipinski definition) is 6. The van der Waals surface area contributed by atoms with E-state index >= 15 is 0 Å². The highest BCUT2D eigenvalue weighted by Gasteiger charge is 2.17. The summed E-state index contributed by atoms with van der Waals surface area (Å²) in [4.78, 5) is 26.3. The Morgan fingerprint density at radius 3 is 2.61 bits per heavy atom. The number of hydrogen-bond donors (Lipinski definition) is 1. The standard InChI is InChI=1S/C27H23N5O4/c1-18-14-24(30-36-18)28-25(33)17-31(2)26(34)13-12-20-16-32(21-9-4-3-5-10-21)29-27(20)23-15-19-8-6-7-11-22(19)35-23/h3-16H,17H2,1-2H3,(H,28,30,33)/b13-12+. The molecule has 0 bridgehead atoms. The Balaban J connectivity index is 1.38. The summed E-state index contributed by atoms with van der Waals surface area (Å²) in [5.74, 6) is 0.747. The van der Waals surface area contributed by atoms with Crippen LogP contribution in [0.15, 0.2) is 87.9 Å². The highest BCUT2D eigenvalue weighted by atomic mass is 16.5. The topological polar surface area (TPSA) is 106 Å². The van der Waals surface area contributed by atoms with E-state index in [4.69, 9.17) is 14.0 Å². The van der Waals surface area contributed by atoms with Gasteiger partial charge in [-0.25, -0.2) is 4.68 Å². The summed E-state index contributed by atoms with van der Waals surface area (Å²) in [5, 5.41) is 12.0. The Hall–Kier alpha value is -4.92.